The lowest BCUT2D eigenvalue weighted by molar-refractivity contribution is -0.115. The summed E-state index contributed by atoms with van der Waals surface area (Å²) >= 11 is 3.56. The molecule has 0 aliphatic carbocycles. The molecule has 1 aromatic rings. The Morgan fingerprint density at radius 1 is 1.47 bits per heavy atom. The SMILES string of the molecule is CCCNC(c1occc1Br)C1(OC)CCOCC1. The van der Waals surface area contributed by atoms with Gasteiger partial charge in [0.25, 0.3) is 0 Å². The first-order valence-corrected chi connectivity index (χ1v) is 7.62. The number of nitrogens with one attached hydrogen (secondary N) is 1. The molecule has 0 aromatic carbocycles. The molecule has 1 unspecified atom stereocenters. The van der Waals surface area contributed by atoms with Crippen LogP contribution in [-0.4, -0.2) is 32.5 Å². The Balaban J connectivity index is 2.27. The number of rotatable bonds is 6. The number of halogens is 1. The second-order valence-electron chi connectivity index (χ2n) is 4.90. The van der Waals surface area contributed by atoms with E-state index in [4.69, 9.17) is 13.9 Å². The van der Waals surface area contributed by atoms with Gasteiger partial charge in [0.15, 0.2) is 0 Å². The molecule has 1 atom stereocenters. The van der Waals surface area contributed by atoms with Gasteiger partial charge < -0.3 is 19.2 Å². The lowest BCUT2D eigenvalue weighted by Crippen LogP contribution is -2.49. The van der Waals surface area contributed by atoms with Gasteiger partial charge in [-0.25, -0.2) is 0 Å². The minimum Gasteiger partial charge on any atom is -0.466 e. The van der Waals surface area contributed by atoms with Gasteiger partial charge in [-0.2, -0.15) is 0 Å². The third kappa shape index (κ3) is 3.21. The topological polar surface area (TPSA) is 43.6 Å². The quantitative estimate of drug-likeness (QED) is 0.868. The number of hydrogen-bond donors (Lipinski definition) is 1. The van der Waals surface area contributed by atoms with E-state index in [2.05, 4.69) is 28.2 Å². The number of hydrogen-bond acceptors (Lipinski definition) is 4. The first-order chi connectivity index (χ1) is 9.23. The van der Waals surface area contributed by atoms with Crippen LogP contribution in [0.5, 0.6) is 0 Å². The van der Waals surface area contributed by atoms with E-state index in [1.807, 2.05) is 6.07 Å². The Hall–Kier alpha value is -0.360. The summed E-state index contributed by atoms with van der Waals surface area (Å²) in [6, 6.07) is 1.98. The highest BCUT2D eigenvalue weighted by atomic mass is 79.9. The van der Waals surface area contributed by atoms with Crippen molar-refractivity contribution in [3.05, 3.63) is 22.6 Å². The molecule has 0 radical (unpaired) electrons. The van der Waals surface area contributed by atoms with Gasteiger partial charge in [-0.1, -0.05) is 6.92 Å². The summed E-state index contributed by atoms with van der Waals surface area (Å²) < 4.78 is 18.0. The van der Waals surface area contributed by atoms with Gasteiger partial charge in [-0.15, -0.1) is 0 Å². The van der Waals surface area contributed by atoms with Crippen molar-refractivity contribution in [2.45, 2.75) is 37.8 Å². The summed E-state index contributed by atoms with van der Waals surface area (Å²) in [6.07, 6.45) is 4.53. The van der Waals surface area contributed by atoms with Crippen LogP contribution in [0, 0.1) is 0 Å². The van der Waals surface area contributed by atoms with E-state index in [-0.39, 0.29) is 11.6 Å². The fourth-order valence-corrected chi connectivity index (χ4v) is 3.08. The van der Waals surface area contributed by atoms with Crippen molar-refractivity contribution in [2.75, 3.05) is 26.9 Å². The molecule has 0 saturated carbocycles. The highest BCUT2D eigenvalue weighted by Gasteiger charge is 2.43. The average Bonchev–Trinajstić information content (AvgIpc) is 2.86. The normalized spacial score (nSPS) is 20.4. The smallest absolute Gasteiger partial charge is 0.137 e. The zero-order valence-corrected chi connectivity index (χ0v) is 13.2. The monoisotopic (exact) mass is 331 g/mol. The van der Waals surface area contributed by atoms with Gasteiger partial charge in [0, 0.05) is 33.2 Å². The zero-order valence-electron chi connectivity index (χ0n) is 11.6. The van der Waals surface area contributed by atoms with Gasteiger partial charge in [-0.3, -0.25) is 0 Å². The third-order valence-corrected chi connectivity index (χ3v) is 4.43. The van der Waals surface area contributed by atoms with Gasteiger partial charge in [0.1, 0.15) is 5.76 Å². The van der Waals surface area contributed by atoms with Crippen molar-refractivity contribution in [3.8, 4) is 0 Å². The Labute approximate surface area is 123 Å². The maximum atomic E-state index is 5.89. The fourth-order valence-electron chi connectivity index (χ4n) is 2.65. The van der Waals surface area contributed by atoms with E-state index in [1.54, 1.807) is 13.4 Å². The minimum absolute atomic E-state index is 0.0470. The Morgan fingerprint density at radius 2 is 2.21 bits per heavy atom. The van der Waals surface area contributed by atoms with E-state index < -0.39 is 0 Å². The molecule has 1 N–H and O–H groups in total. The van der Waals surface area contributed by atoms with E-state index in [1.165, 1.54) is 0 Å². The van der Waals surface area contributed by atoms with Crippen molar-refractivity contribution in [1.82, 2.24) is 5.32 Å². The molecule has 19 heavy (non-hydrogen) atoms. The van der Waals surface area contributed by atoms with Crippen molar-refractivity contribution in [2.24, 2.45) is 0 Å². The molecular formula is C14H22BrNO3. The van der Waals surface area contributed by atoms with E-state index >= 15 is 0 Å². The highest BCUT2D eigenvalue weighted by molar-refractivity contribution is 9.10. The van der Waals surface area contributed by atoms with Crippen LogP contribution < -0.4 is 5.32 Å². The summed E-state index contributed by atoms with van der Waals surface area (Å²) in [5.41, 5.74) is -0.256. The van der Waals surface area contributed by atoms with Crippen LogP contribution in [-0.2, 0) is 9.47 Å². The summed E-state index contributed by atoms with van der Waals surface area (Å²) in [6.45, 7) is 4.56. The van der Waals surface area contributed by atoms with E-state index in [0.717, 1.165) is 49.3 Å². The molecule has 2 heterocycles. The van der Waals surface area contributed by atoms with Crippen LogP contribution in [0.2, 0.25) is 0 Å². The van der Waals surface area contributed by atoms with Crippen LogP contribution >= 0.6 is 15.9 Å². The number of furan rings is 1. The second kappa shape index (κ2) is 6.88. The van der Waals surface area contributed by atoms with Gasteiger partial charge in [0.2, 0.25) is 0 Å². The molecule has 0 spiro atoms. The largest absolute Gasteiger partial charge is 0.466 e. The van der Waals surface area contributed by atoms with Gasteiger partial charge >= 0.3 is 0 Å². The molecule has 1 aromatic heterocycles. The lowest BCUT2D eigenvalue weighted by Gasteiger charge is -2.41. The van der Waals surface area contributed by atoms with Crippen LogP contribution in [0.25, 0.3) is 0 Å². The van der Waals surface area contributed by atoms with Crippen molar-refractivity contribution in [1.29, 1.82) is 0 Å². The standard InChI is InChI=1S/C14H22BrNO3/c1-3-7-16-13(12-11(15)4-8-19-12)14(17-2)5-9-18-10-6-14/h4,8,13,16H,3,5-7,9-10H2,1-2H3. The molecule has 108 valence electrons. The van der Waals surface area contributed by atoms with Crippen molar-refractivity contribution < 1.29 is 13.9 Å². The first kappa shape index (κ1) is 15.0. The average molecular weight is 332 g/mol. The van der Waals surface area contributed by atoms with E-state index in [0.29, 0.717) is 0 Å². The third-order valence-electron chi connectivity index (χ3n) is 3.78. The highest BCUT2D eigenvalue weighted by Crippen LogP contribution is 2.40. The maximum absolute atomic E-state index is 5.89. The lowest BCUT2D eigenvalue weighted by atomic mass is 9.84. The molecular weight excluding hydrogens is 310 g/mol. The summed E-state index contributed by atoms with van der Waals surface area (Å²) in [7, 11) is 1.78. The van der Waals surface area contributed by atoms with Crippen molar-refractivity contribution in [3.63, 3.8) is 0 Å². The van der Waals surface area contributed by atoms with Crippen LogP contribution in [0.4, 0.5) is 0 Å². The van der Waals surface area contributed by atoms with Crippen molar-refractivity contribution >= 4 is 15.9 Å². The Kier molecular flexibility index (Phi) is 5.45. The summed E-state index contributed by atoms with van der Waals surface area (Å²) in [5, 5.41) is 3.57. The molecule has 5 heteroatoms. The predicted octanol–water partition coefficient (Wildman–Crippen LogP) is 3.28. The molecule has 0 bridgehead atoms. The van der Waals surface area contributed by atoms with Crippen LogP contribution in [0.1, 0.15) is 38.0 Å². The number of ether oxygens (including phenoxy) is 2. The van der Waals surface area contributed by atoms with Crippen LogP contribution in [0.15, 0.2) is 21.2 Å². The molecule has 1 fully saturated rings. The van der Waals surface area contributed by atoms with E-state index in [9.17, 15) is 0 Å². The summed E-state index contributed by atoms with van der Waals surface area (Å²) in [5.74, 6) is 0.914. The van der Waals surface area contributed by atoms with Gasteiger partial charge in [0.05, 0.1) is 22.4 Å². The zero-order chi connectivity index (χ0) is 13.7. The molecule has 1 saturated heterocycles. The first-order valence-electron chi connectivity index (χ1n) is 6.82. The molecule has 1 aliphatic heterocycles. The molecule has 1 aliphatic rings. The van der Waals surface area contributed by atoms with Gasteiger partial charge in [-0.05, 0) is 35.0 Å². The predicted molar refractivity (Wildman–Crippen MR) is 77.2 cm³/mol. The number of methoxy groups -OCH3 is 1. The fraction of sp³-hybridized carbons (Fsp3) is 0.714. The van der Waals surface area contributed by atoms with Crippen LogP contribution in [0.3, 0.4) is 0 Å². The second-order valence-corrected chi connectivity index (χ2v) is 5.76. The molecule has 4 nitrogen and oxygen atoms in total. The summed E-state index contributed by atoms with van der Waals surface area (Å²) in [4.78, 5) is 0. The molecule has 2 rings (SSSR count). The Bertz CT molecular complexity index is 388. The molecule has 0 amide bonds. The minimum atomic E-state index is -0.256. The Morgan fingerprint density at radius 3 is 2.74 bits per heavy atom. The maximum Gasteiger partial charge on any atom is 0.137 e.